The monoisotopic (exact) mass is 324 g/mol. The minimum Gasteiger partial charge on any atom is -0.453 e. The van der Waals surface area contributed by atoms with Gasteiger partial charge in [0.15, 0.2) is 4.67 Å². The van der Waals surface area contributed by atoms with E-state index in [9.17, 15) is 8.42 Å². The van der Waals surface area contributed by atoms with Crippen LogP contribution in [-0.4, -0.2) is 37.2 Å². The fourth-order valence-corrected chi connectivity index (χ4v) is 2.83. The molecule has 0 aliphatic rings. The number of hydrogen-bond donors (Lipinski definition) is 0. The van der Waals surface area contributed by atoms with E-state index in [2.05, 4.69) is 15.9 Å². The van der Waals surface area contributed by atoms with Crippen LogP contribution < -0.4 is 0 Å². The van der Waals surface area contributed by atoms with Gasteiger partial charge in [-0.15, -0.1) is 0 Å². The Kier molecular flexibility index (Phi) is 4.77. The average Bonchev–Trinajstić information content (AvgIpc) is 2.62. The molecular formula is C10H17BrN2O3S. The van der Waals surface area contributed by atoms with Crippen molar-refractivity contribution in [1.29, 1.82) is 0 Å². The Balaban J connectivity index is 2.79. The molecule has 0 amide bonds. The molecule has 0 fully saturated rings. The lowest BCUT2D eigenvalue weighted by Crippen LogP contribution is -2.42. The maximum absolute atomic E-state index is 12.1. The van der Waals surface area contributed by atoms with Crippen LogP contribution in [0.3, 0.4) is 0 Å². The quantitative estimate of drug-likeness (QED) is 0.833. The molecule has 5 nitrogen and oxygen atoms in total. The van der Waals surface area contributed by atoms with Gasteiger partial charge in [0.05, 0.1) is 6.54 Å². The van der Waals surface area contributed by atoms with E-state index in [0.717, 1.165) is 0 Å². The first-order valence-electron chi connectivity index (χ1n) is 5.18. The Morgan fingerprint density at radius 1 is 1.35 bits per heavy atom. The third-order valence-electron chi connectivity index (χ3n) is 2.49. The number of halogens is 1. The molecule has 7 heteroatoms. The second kappa shape index (κ2) is 5.51. The molecule has 0 N–H and O–H groups in total. The molecule has 1 heterocycles. The first-order chi connectivity index (χ1) is 7.75. The highest BCUT2D eigenvalue weighted by molar-refractivity contribution is 9.10. The first kappa shape index (κ1) is 14.7. The summed E-state index contributed by atoms with van der Waals surface area (Å²) >= 11 is 3.18. The van der Waals surface area contributed by atoms with Crippen LogP contribution in [0.15, 0.2) is 21.2 Å². The van der Waals surface area contributed by atoms with Crippen LogP contribution >= 0.6 is 15.9 Å². The normalized spacial score (nSPS) is 12.9. The maximum Gasteiger partial charge on any atom is 0.282 e. The standard InChI is InChI=1S/C10H17BrN2O3S/c1-8(2)13(4)17(14,15)12(3)7-9-5-6-10(11)16-9/h5-6,8H,7H2,1-4H3. The number of nitrogens with zero attached hydrogens (tertiary/aromatic N) is 2. The molecule has 1 aromatic heterocycles. The van der Waals surface area contributed by atoms with Gasteiger partial charge >= 0.3 is 0 Å². The lowest BCUT2D eigenvalue weighted by atomic mass is 10.4. The molecule has 0 aliphatic carbocycles. The smallest absolute Gasteiger partial charge is 0.282 e. The van der Waals surface area contributed by atoms with Gasteiger partial charge in [-0.25, -0.2) is 0 Å². The van der Waals surface area contributed by atoms with Crippen molar-refractivity contribution in [2.24, 2.45) is 0 Å². The Morgan fingerprint density at radius 2 is 1.94 bits per heavy atom. The molecule has 0 aromatic carbocycles. The van der Waals surface area contributed by atoms with Gasteiger partial charge in [0.25, 0.3) is 10.2 Å². The highest BCUT2D eigenvalue weighted by Crippen LogP contribution is 2.17. The van der Waals surface area contributed by atoms with E-state index >= 15 is 0 Å². The van der Waals surface area contributed by atoms with Gasteiger partial charge in [-0.2, -0.15) is 17.0 Å². The largest absolute Gasteiger partial charge is 0.453 e. The van der Waals surface area contributed by atoms with E-state index < -0.39 is 10.2 Å². The summed E-state index contributed by atoms with van der Waals surface area (Å²) in [7, 11) is -0.339. The van der Waals surface area contributed by atoms with Crippen molar-refractivity contribution in [3.8, 4) is 0 Å². The minimum absolute atomic E-state index is 0.0780. The number of furan rings is 1. The Bertz CT molecular complexity index is 470. The van der Waals surface area contributed by atoms with Crippen LogP contribution in [0.25, 0.3) is 0 Å². The van der Waals surface area contributed by atoms with E-state index in [1.807, 2.05) is 13.8 Å². The Hall–Kier alpha value is -0.370. The van der Waals surface area contributed by atoms with Crippen molar-refractivity contribution in [2.45, 2.75) is 26.4 Å². The Labute approximate surface area is 111 Å². The molecule has 0 spiro atoms. The van der Waals surface area contributed by atoms with Gasteiger partial charge in [-0.1, -0.05) is 0 Å². The van der Waals surface area contributed by atoms with Gasteiger partial charge in [0.1, 0.15) is 5.76 Å². The first-order valence-corrected chi connectivity index (χ1v) is 7.37. The van der Waals surface area contributed by atoms with Crippen LogP contribution in [0, 0.1) is 0 Å². The van der Waals surface area contributed by atoms with Gasteiger partial charge in [-0.05, 0) is 41.9 Å². The second-order valence-electron chi connectivity index (χ2n) is 4.08. The third kappa shape index (κ3) is 3.54. The molecular weight excluding hydrogens is 308 g/mol. The summed E-state index contributed by atoms with van der Waals surface area (Å²) in [6, 6.07) is 3.40. The molecule has 1 aromatic rings. The molecule has 0 aliphatic heterocycles. The highest BCUT2D eigenvalue weighted by Gasteiger charge is 2.26. The zero-order valence-electron chi connectivity index (χ0n) is 10.3. The topological polar surface area (TPSA) is 53.8 Å². The summed E-state index contributed by atoms with van der Waals surface area (Å²) in [6.07, 6.45) is 0. The zero-order chi connectivity index (χ0) is 13.2. The maximum atomic E-state index is 12.1. The van der Waals surface area contributed by atoms with Crippen molar-refractivity contribution < 1.29 is 12.8 Å². The second-order valence-corrected chi connectivity index (χ2v) is 6.96. The van der Waals surface area contributed by atoms with Crippen molar-refractivity contribution in [3.05, 3.63) is 22.6 Å². The number of hydrogen-bond acceptors (Lipinski definition) is 3. The van der Waals surface area contributed by atoms with Crippen LogP contribution in [0.1, 0.15) is 19.6 Å². The zero-order valence-corrected chi connectivity index (χ0v) is 12.7. The SMILES string of the molecule is CC(C)N(C)S(=O)(=O)N(C)Cc1ccc(Br)o1. The van der Waals surface area contributed by atoms with Gasteiger partial charge in [0, 0.05) is 20.1 Å². The van der Waals surface area contributed by atoms with Crippen molar-refractivity contribution >= 4 is 26.1 Å². The van der Waals surface area contributed by atoms with Crippen LogP contribution in [0.2, 0.25) is 0 Å². The van der Waals surface area contributed by atoms with Crippen LogP contribution in [0.4, 0.5) is 0 Å². The molecule has 0 atom stereocenters. The van der Waals surface area contributed by atoms with Gasteiger partial charge in [-0.3, -0.25) is 0 Å². The predicted molar refractivity (Wildman–Crippen MR) is 69.7 cm³/mol. The fourth-order valence-electron chi connectivity index (χ4n) is 1.22. The predicted octanol–water partition coefficient (Wildman–Crippen LogP) is 2.06. The van der Waals surface area contributed by atoms with Gasteiger partial charge < -0.3 is 4.42 Å². The van der Waals surface area contributed by atoms with E-state index in [-0.39, 0.29) is 12.6 Å². The molecule has 0 saturated heterocycles. The van der Waals surface area contributed by atoms with Crippen molar-refractivity contribution in [2.75, 3.05) is 14.1 Å². The number of rotatable bonds is 5. The van der Waals surface area contributed by atoms with Crippen LogP contribution in [0.5, 0.6) is 0 Å². The summed E-state index contributed by atoms with van der Waals surface area (Å²) in [5, 5.41) is 0. The summed E-state index contributed by atoms with van der Waals surface area (Å²) in [5.74, 6) is 0.597. The lowest BCUT2D eigenvalue weighted by molar-refractivity contribution is 0.338. The molecule has 17 heavy (non-hydrogen) atoms. The van der Waals surface area contributed by atoms with Gasteiger partial charge in [0.2, 0.25) is 0 Å². The molecule has 1 rings (SSSR count). The minimum atomic E-state index is -3.44. The van der Waals surface area contributed by atoms with Crippen molar-refractivity contribution in [1.82, 2.24) is 8.61 Å². The fraction of sp³-hybridized carbons (Fsp3) is 0.600. The van der Waals surface area contributed by atoms with Crippen LogP contribution in [-0.2, 0) is 16.8 Å². The summed E-state index contributed by atoms with van der Waals surface area (Å²) in [6.45, 7) is 3.87. The van der Waals surface area contributed by atoms with Crippen molar-refractivity contribution in [3.63, 3.8) is 0 Å². The molecule has 0 radical (unpaired) electrons. The Morgan fingerprint density at radius 3 is 2.35 bits per heavy atom. The summed E-state index contributed by atoms with van der Waals surface area (Å²) in [5.41, 5.74) is 0. The third-order valence-corrected chi connectivity index (χ3v) is 4.98. The molecule has 98 valence electrons. The molecule has 0 bridgehead atoms. The van der Waals surface area contributed by atoms with E-state index in [4.69, 9.17) is 4.42 Å². The summed E-state index contributed by atoms with van der Waals surface area (Å²) < 4.78 is 32.6. The van der Waals surface area contributed by atoms with E-state index in [1.165, 1.54) is 15.7 Å². The van der Waals surface area contributed by atoms with E-state index in [0.29, 0.717) is 10.4 Å². The van der Waals surface area contributed by atoms with E-state index in [1.54, 1.807) is 19.2 Å². The molecule has 0 saturated carbocycles. The molecule has 0 unspecified atom stereocenters. The highest BCUT2D eigenvalue weighted by atomic mass is 79.9. The lowest BCUT2D eigenvalue weighted by Gasteiger charge is -2.26. The average molecular weight is 325 g/mol. The summed E-state index contributed by atoms with van der Waals surface area (Å²) in [4.78, 5) is 0.